The highest BCUT2D eigenvalue weighted by Gasteiger charge is 2.18. The molecule has 1 amide bonds. The number of carbonyl (C=O) groups excluding carboxylic acids is 1. The van der Waals surface area contributed by atoms with Gasteiger partial charge in [0, 0.05) is 17.9 Å². The number of rotatable bonds is 5. The van der Waals surface area contributed by atoms with Crippen LogP contribution in [0.4, 0.5) is 11.4 Å². The first kappa shape index (κ1) is 14.7. The molecular weight excluding hydrogens is 250 g/mol. The number of primary amides is 1. The minimum Gasteiger partial charge on any atom is -0.399 e. The van der Waals surface area contributed by atoms with Crippen molar-refractivity contribution in [3.8, 4) is 0 Å². The Morgan fingerprint density at radius 1 is 1.40 bits per heavy atom. The van der Waals surface area contributed by atoms with E-state index >= 15 is 0 Å². The number of amides is 1. The third kappa shape index (κ3) is 3.89. The number of carbonyl (C=O) groups is 1. The maximum Gasteiger partial charge on any atom is 0.250 e. The Morgan fingerprint density at radius 2 is 2.20 bits per heavy atom. The van der Waals surface area contributed by atoms with Crippen LogP contribution < -0.4 is 16.8 Å². The average Bonchev–Trinajstić information content (AvgIpc) is 2.40. The van der Waals surface area contributed by atoms with Crippen LogP contribution in [0.15, 0.2) is 18.2 Å². The van der Waals surface area contributed by atoms with Crippen LogP contribution in [0.2, 0.25) is 0 Å². The smallest absolute Gasteiger partial charge is 0.250 e. The molecule has 0 spiro atoms. The third-order valence-corrected chi connectivity index (χ3v) is 4.22. The molecule has 1 aromatic carbocycles. The van der Waals surface area contributed by atoms with E-state index in [1.807, 2.05) is 6.07 Å². The first-order valence-electron chi connectivity index (χ1n) is 7.49. The maximum absolute atomic E-state index is 11.4. The lowest BCUT2D eigenvalue weighted by molar-refractivity contribution is 0.100. The Labute approximate surface area is 120 Å². The van der Waals surface area contributed by atoms with E-state index in [4.69, 9.17) is 11.5 Å². The molecular formula is C16H25N3O. The second-order valence-electron chi connectivity index (χ2n) is 6.02. The molecule has 0 aromatic heterocycles. The lowest BCUT2D eigenvalue weighted by atomic mass is 9.81. The Hall–Kier alpha value is -1.71. The van der Waals surface area contributed by atoms with Gasteiger partial charge in [0.1, 0.15) is 0 Å². The van der Waals surface area contributed by atoms with E-state index in [1.54, 1.807) is 12.1 Å². The maximum atomic E-state index is 11.4. The molecule has 0 bridgehead atoms. The number of hydrogen-bond acceptors (Lipinski definition) is 3. The number of nitrogen functional groups attached to an aromatic ring is 1. The molecule has 0 aliphatic heterocycles. The van der Waals surface area contributed by atoms with Gasteiger partial charge in [0.2, 0.25) is 0 Å². The zero-order chi connectivity index (χ0) is 14.5. The largest absolute Gasteiger partial charge is 0.399 e. The fraction of sp³-hybridized carbons (Fsp3) is 0.562. The monoisotopic (exact) mass is 275 g/mol. The van der Waals surface area contributed by atoms with Crippen LogP contribution in [-0.2, 0) is 0 Å². The van der Waals surface area contributed by atoms with Gasteiger partial charge in [-0.2, -0.15) is 0 Å². The summed E-state index contributed by atoms with van der Waals surface area (Å²) in [5.74, 6) is 1.22. The zero-order valence-electron chi connectivity index (χ0n) is 12.2. The van der Waals surface area contributed by atoms with Crippen LogP contribution in [-0.4, -0.2) is 12.5 Å². The predicted octanol–water partition coefficient (Wildman–Crippen LogP) is 3.00. The fourth-order valence-corrected chi connectivity index (χ4v) is 3.15. The summed E-state index contributed by atoms with van der Waals surface area (Å²) < 4.78 is 0. The molecule has 5 N–H and O–H groups in total. The van der Waals surface area contributed by atoms with E-state index in [2.05, 4.69) is 12.2 Å². The Bertz CT molecular complexity index is 473. The van der Waals surface area contributed by atoms with Gasteiger partial charge in [0.25, 0.3) is 5.91 Å². The second-order valence-corrected chi connectivity index (χ2v) is 6.02. The van der Waals surface area contributed by atoms with Gasteiger partial charge in [-0.25, -0.2) is 0 Å². The SMILES string of the molecule is CC1CCCC(CCNc2ccc(N)cc2C(N)=O)C1. The number of nitrogens with two attached hydrogens (primary N) is 2. The molecule has 1 aromatic rings. The summed E-state index contributed by atoms with van der Waals surface area (Å²) in [6.07, 6.45) is 6.52. The number of anilines is 2. The van der Waals surface area contributed by atoms with Crippen LogP contribution in [0, 0.1) is 11.8 Å². The summed E-state index contributed by atoms with van der Waals surface area (Å²) in [5.41, 5.74) is 12.9. The van der Waals surface area contributed by atoms with Gasteiger partial charge in [-0.3, -0.25) is 4.79 Å². The second kappa shape index (κ2) is 6.64. The van der Waals surface area contributed by atoms with Crippen molar-refractivity contribution in [2.45, 2.75) is 39.0 Å². The van der Waals surface area contributed by atoms with Crippen LogP contribution in [0.1, 0.15) is 49.4 Å². The van der Waals surface area contributed by atoms with Crippen LogP contribution >= 0.6 is 0 Å². The molecule has 0 heterocycles. The van der Waals surface area contributed by atoms with Gasteiger partial charge in [-0.05, 0) is 42.9 Å². The highest BCUT2D eigenvalue weighted by atomic mass is 16.1. The van der Waals surface area contributed by atoms with E-state index in [-0.39, 0.29) is 0 Å². The predicted molar refractivity (Wildman–Crippen MR) is 83.6 cm³/mol. The van der Waals surface area contributed by atoms with Crippen LogP contribution in [0.25, 0.3) is 0 Å². The van der Waals surface area contributed by atoms with Crippen molar-refractivity contribution < 1.29 is 4.79 Å². The van der Waals surface area contributed by atoms with E-state index in [1.165, 1.54) is 25.7 Å². The van der Waals surface area contributed by atoms with Crippen molar-refractivity contribution in [1.82, 2.24) is 0 Å². The van der Waals surface area contributed by atoms with Crippen molar-refractivity contribution in [2.24, 2.45) is 17.6 Å². The lowest BCUT2D eigenvalue weighted by Crippen LogP contribution is -2.18. The minimum atomic E-state index is -0.439. The quantitative estimate of drug-likeness (QED) is 0.722. The normalized spacial score (nSPS) is 22.4. The highest BCUT2D eigenvalue weighted by molar-refractivity contribution is 5.99. The van der Waals surface area contributed by atoms with Crippen molar-refractivity contribution in [3.05, 3.63) is 23.8 Å². The zero-order valence-corrected chi connectivity index (χ0v) is 12.2. The van der Waals surface area contributed by atoms with E-state index < -0.39 is 5.91 Å². The molecule has 0 radical (unpaired) electrons. The summed E-state index contributed by atoms with van der Waals surface area (Å²) in [4.78, 5) is 11.4. The van der Waals surface area contributed by atoms with Gasteiger partial charge in [-0.15, -0.1) is 0 Å². The topological polar surface area (TPSA) is 81.1 Å². The van der Waals surface area contributed by atoms with Gasteiger partial charge >= 0.3 is 0 Å². The molecule has 1 fully saturated rings. The molecule has 20 heavy (non-hydrogen) atoms. The molecule has 0 saturated heterocycles. The molecule has 1 aliphatic carbocycles. The molecule has 4 heteroatoms. The number of nitrogens with one attached hydrogen (secondary N) is 1. The van der Waals surface area contributed by atoms with Crippen molar-refractivity contribution in [1.29, 1.82) is 0 Å². The van der Waals surface area contributed by atoms with E-state index in [0.29, 0.717) is 11.3 Å². The summed E-state index contributed by atoms with van der Waals surface area (Å²) in [6.45, 7) is 3.21. The summed E-state index contributed by atoms with van der Waals surface area (Å²) in [5, 5.41) is 3.33. The molecule has 1 saturated carbocycles. The van der Waals surface area contributed by atoms with Gasteiger partial charge in [0.05, 0.1) is 5.56 Å². The fourth-order valence-electron chi connectivity index (χ4n) is 3.15. The lowest BCUT2D eigenvalue weighted by Gasteiger charge is -2.26. The molecule has 4 nitrogen and oxygen atoms in total. The highest BCUT2D eigenvalue weighted by Crippen LogP contribution is 2.30. The molecule has 2 rings (SSSR count). The first-order valence-corrected chi connectivity index (χ1v) is 7.49. The van der Waals surface area contributed by atoms with Crippen molar-refractivity contribution in [3.63, 3.8) is 0 Å². The van der Waals surface area contributed by atoms with E-state index in [0.717, 1.165) is 30.5 Å². The number of benzene rings is 1. The molecule has 1 aliphatic rings. The van der Waals surface area contributed by atoms with Crippen molar-refractivity contribution in [2.75, 3.05) is 17.6 Å². The van der Waals surface area contributed by atoms with Gasteiger partial charge < -0.3 is 16.8 Å². The summed E-state index contributed by atoms with van der Waals surface area (Å²) in [6, 6.07) is 5.25. The van der Waals surface area contributed by atoms with E-state index in [9.17, 15) is 4.79 Å². The van der Waals surface area contributed by atoms with Crippen molar-refractivity contribution >= 4 is 17.3 Å². The molecule has 110 valence electrons. The minimum absolute atomic E-state index is 0.439. The summed E-state index contributed by atoms with van der Waals surface area (Å²) in [7, 11) is 0. The molecule has 2 atom stereocenters. The third-order valence-electron chi connectivity index (χ3n) is 4.22. The average molecular weight is 275 g/mol. The Kier molecular flexibility index (Phi) is 4.88. The van der Waals surface area contributed by atoms with Crippen LogP contribution in [0.3, 0.4) is 0 Å². The first-order chi connectivity index (χ1) is 9.56. The number of hydrogen-bond donors (Lipinski definition) is 3. The Morgan fingerprint density at radius 3 is 2.90 bits per heavy atom. The van der Waals surface area contributed by atoms with Gasteiger partial charge in [0.15, 0.2) is 0 Å². The van der Waals surface area contributed by atoms with Crippen LogP contribution in [0.5, 0.6) is 0 Å². The van der Waals surface area contributed by atoms with Gasteiger partial charge in [-0.1, -0.05) is 26.2 Å². The summed E-state index contributed by atoms with van der Waals surface area (Å²) >= 11 is 0. The standard InChI is InChI=1S/C16H25N3O/c1-11-3-2-4-12(9-11)7-8-19-15-6-5-13(17)10-14(15)16(18)20/h5-6,10-12,19H,2-4,7-9,17H2,1H3,(H2,18,20). The molecule has 2 unspecified atom stereocenters. The Balaban J connectivity index is 1.89.